The van der Waals surface area contributed by atoms with Crippen molar-refractivity contribution in [3.8, 4) is 5.75 Å². The zero-order valence-electron chi connectivity index (χ0n) is 18.5. The number of hydrogen-bond acceptors (Lipinski definition) is 4. The van der Waals surface area contributed by atoms with Crippen LogP contribution in [0.15, 0.2) is 65.6 Å². The molecule has 1 N–H and O–H groups in total. The SMILES string of the molecule is Cc1cc(Cl)ccc1NC(=O)COc1ccc(S(=O)(=O)N2CCCc3ccccc32)cc1C. The molecule has 3 aromatic carbocycles. The van der Waals surface area contributed by atoms with Gasteiger partial charge in [0, 0.05) is 17.3 Å². The normalized spacial score (nSPS) is 13.4. The quantitative estimate of drug-likeness (QED) is 0.527. The highest BCUT2D eigenvalue weighted by molar-refractivity contribution is 7.92. The predicted octanol–water partition coefficient (Wildman–Crippen LogP) is 5.12. The first-order chi connectivity index (χ1) is 15.8. The molecule has 6 nitrogen and oxygen atoms in total. The zero-order chi connectivity index (χ0) is 23.6. The number of amides is 1. The summed E-state index contributed by atoms with van der Waals surface area (Å²) in [5.41, 5.74) is 3.91. The van der Waals surface area contributed by atoms with Gasteiger partial charge >= 0.3 is 0 Å². The average Bonchev–Trinajstić information content (AvgIpc) is 2.79. The van der Waals surface area contributed by atoms with E-state index in [9.17, 15) is 13.2 Å². The van der Waals surface area contributed by atoms with Crippen LogP contribution in [0.3, 0.4) is 0 Å². The summed E-state index contributed by atoms with van der Waals surface area (Å²) in [7, 11) is -3.71. The molecule has 4 rings (SSSR count). The molecule has 172 valence electrons. The Balaban J connectivity index is 1.46. The molecule has 1 aliphatic rings. The molecule has 0 aliphatic carbocycles. The molecule has 0 atom stereocenters. The third-order valence-electron chi connectivity index (χ3n) is 5.62. The summed E-state index contributed by atoms with van der Waals surface area (Å²) in [4.78, 5) is 12.5. The predicted molar refractivity (Wildman–Crippen MR) is 131 cm³/mol. The molecule has 8 heteroatoms. The number of nitrogens with zero attached hydrogens (tertiary/aromatic N) is 1. The van der Waals surface area contributed by atoms with Crippen LogP contribution in [0.5, 0.6) is 5.75 Å². The van der Waals surface area contributed by atoms with E-state index in [1.54, 1.807) is 37.3 Å². The highest BCUT2D eigenvalue weighted by atomic mass is 35.5. The Morgan fingerprint density at radius 1 is 1.06 bits per heavy atom. The number of ether oxygens (including phenoxy) is 1. The third kappa shape index (κ3) is 4.99. The van der Waals surface area contributed by atoms with Crippen molar-refractivity contribution in [3.63, 3.8) is 0 Å². The van der Waals surface area contributed by atoms with Crippen molar-refractivity contribution in [2.75, 3.05) is 22.8 Å². The van der Waals surface area contributed by atoms with Crippen LogP contribution >= 0.6 is 11.6 Å². The second-order valence-electron chi connectivity index (χ2n) is 8.03. The third-order valence-corrected chi connectivity index (χ3v) is 7.67. The molecule has 33 heavy (non-hydrogen) atoms. The Morgan fingerprint density at radius 3 is 2.61 bits per heavy atom. The maximum absolute atomic E-state index is 13.4. The number of sulfonamides is 1. The summed E-state index contributed by atoms with van der Waals surface area (Å²) in [5.74, 6) is 0.136. The van der Waals surface area contributed by atoms with E-state index < -0.39 is 10.0 Å². The molecule has 1 heterocycles. The molecule has 0 bridgehead atoms. The standard InChI is InChI=1S/C25H25ClN2O4S/c1-17-14-20(26)9-11-22(17)27-25(29)16-32-24-12-10-21(15-18(24)2)33(30,31)28-13-5-7-19-6-3-4-8-23(19)28/h3-4,6,8-12,14-15H,5,7,13,16H2,1-2H3,(H,27,29). The van der Waals surface area contributed by atoms with Crippen LogP contribution in [-0.4, -0.2) is 27.5 Å². The maximum Gasteiger partial charge on any atom is 0.264 e. The van der Waals surface area contributed by atoms with Gasteiger partial charge in [-0.2, -0.15) is 0 Å². The largest absolute Gasteiger partial charge is 0.483 e. The van der Waals surface area contributed by atoms with Gasteiger partial charge in [0.1, 0.15) is 5.75 Å². The van der Waals surface area contributed by atoms with Gasteiger partial charge in [-0.05, 0) is 85.8 Å². The number of benzene rings is 3. The molecule has 0 saturated carbocycles. The fourth-order valence-corrected chi connectivity index (χ4v) is 5.77. The Bertz CT molecular complexity index is 1310. The van der Waals surface area contributed by atoms with Crippen molar-refractivity contribution >= 4 is 38.9 Å². The molecule has 1 amide bonds. The van der Waals surface area contributed by atoms with E-state index in [1.165, 1.54) is 10.4 Å². The fourth-order valence-electron chi connectivity index (χ4n) is 3.92. The lowest BCUT2D eigenvalue weighted by Crippen LogP contribution is -2.35. The smallest absolute Gasteiger partial charge is 0.264 e. The van der Waals surface area contributed by atoms with Crippen LogP contribution in [0.25, 0.3) is 0 Å². The van der Waals surface area contributed by atoms with E-state index in [0.29, 0.717) is 28.6 Å². The first kappa shape index (κ1) is 23.1. The van der Waals surface area contributed by atoms with Crippen LogP contribution in [-0.2, 0) is 21.2 Å². The zero-order valence-corrected chi connectivity index (χ0v) is 20.0. The van der Waals surface area contributed by atoms with E-state index in [-0.39, 0.29) is 17.4 Å². The maximum atomic E-state index is 13.4. The summed E-state index contributed by atoms with van der Waals surface area (Å²) in [6.45, 7) is 3.86. The number of nitrogens with one attached hydrogen (secondary N) is 1. The minimum atomic E-state index is -3.71. The fraction of sp³-hybridized carbons (Fsp3) is 0.240. The van der Waals surface area contributed by atoms with E-state index in [1.807, 2.05) is 31.2 Å². The summed E-state index contributed by atoms with van der Waals surface area (Å²) in [5, 5.41) is 3.39. The number of rotatable bonds is 6. The van der Waals surface area contributed by atoms with Crippen LogP contribution in [0.2, 0.25) is 5.02 Å². The molecule has 0 fully saturated rings. The van der Waals surface area contributed by atoms with Crippen molar-refractivity contribution in [1.82, 2.24) is 0 Å². The molecular weight excluding hydrogens is 460 g/mol. The number of hydrogen-bond donors (Lipinski definition) is 1. The first-order valence-electron chi connectivity index (χ1n) is 10.7. The Kier molecular flexibility index (Phi) is 6.63. The molecule has 0 spiro atoms. The van der Waals surface area contributed by atoms with Gasteiger partial charge < -0.3 is 10.1 Å². The van der Waals surface area contributed by atoms with Gasteiger partial charge in [-0.3, -0.25) is 9.10 Å². The van der Waals surface area contributed by atoms with Crippen molar-refractivity contribution in [3.05, 3.63) is 82.4 Å². The summed E-state index contributed by atoms with van der Waals surface area (Å²) in [6.07, 6.45) is 1.64. The number of carbonyl (C=O) groups excluding carboxylic acids is 1. The van der Waals surface area contributed by atoms with Crippen LogP contribution in [0.4, 0.5) is 11.4 Å². The highest BCUT2D eigenvalue weighted by Gasteiger charge is 2.29. The molecular formula is C25H25ClN2O4S. The minimum absolute atomic E-state index is 0.199. The van der Waals surface area contributed by atoms with Gasteiger partial charge in [-0.1, -0.05) is 29.8 Å². The van der Waals surface area contributed by atoms with E-state index in [2.05, 4.69) is 5.32 Å². The Morgan fingerprint density at radius 2 is 1.85 bits per heavy atom. The topological polar surface area (TPSA) is 75.7 Å². The summed E-state index contributed by atoms with van der Waals surface area (Å²) in [6, 6.07) is 17.5. The van der Waals surface area contributed by atoms with Crippen LogP contribution in [0.1, 0.15) is 23.1 Å². The van der Waals surface area contributed by atoms with Gasteiger partial charge in [-0.15, -0.1) is 0 Å². The molecule has 3 aromatic rings. The second-order valence-corrected chi connectivity index (χ2v) is 10.3. The average molecular weight is 485 g/mol. The van der Waals surface area contributed by atoms with Crippen molar-refractivity contribution < 1.29 is 17.9 Å². The van der Waals surface area contributed by atoms with Gasteiger partial charge in [0.2, 0.25) is 0 Å². The minimum Gasteiger partial charge on any atom is -0.483 e. The number of carbonyl (C=O) groups is 1. The van der Waals surface area contributed by atoms with E-state index in [0.717, 1.165) is 29.7 Å². The lowest BCUT2D eigenvalue weighted by Gasteiger charge is -2.30. The van der Waals surface area contributed by atoms with Crippen LogP contribution < -0.4 is 14.4 Å². The molecule has 0 saturated heterocycles. The van der Waals surface area contributed by atoms with Gasteiger partial charge in [-0.25, -0.2) is 8.42 Å². The number of para-hydroxylation sites is 1. The van der Waals surface area contributed by atoms with Crippen LogP contribution in [0, 0.1) is 13.8 Å². The number of aryl methyl sites for hydroxylation is 3. The molecule has 0 radical (unpaired) electrons. The van der Waals surface area contributed by atoms with Crippen molar-refractivity contribution in [1.29, 1.82) is 0 Å². The molecule has 0 unspecified atom stereocenters. The molecule has 1 aliphatic heterocycles. The highest BCUT2D eigenvalue weighted by Crippen LogP contribution is 2.33. The summed E-state index contributed by atoms with van der Waals surface area (Å²) >= 11 is 5.95. The van der Waals surface area contributed by atoms with Gasteiger partial charge in [0.25, 0.3) is 15.9 Å². The number of fused-ring (bicyclic) bond motifs is 1. The first-order valence-corrected chi connectivity index (χ1v) is 12.5. The monoisotopic (exact) mass is 484 g/mol. The van der Waals surface area contributed by atoms with Gasteiger partial charge in [0.05, 0.1) is 10.6 Å². The van der Waals surface area contributed by atoms with E-state index >= 15 is 0 Å². The second kappa shape index (κ2) is 9.45. The van der Waals surface area contributed by atoms with E-state index in [4.69, 9.17) is 16.3 Å². The number of halogens is 1. The lowest BCUT2D eigenvalue weighted by atomic mass is 10.0. The van der Waals surface area contributed by atoms with Crippen molar-refractivity contribution in [2.24, 2.45) is 0 Å². The van der Waals surface area contributed by atoms with Gasteiger partial charge in [0.15, 0.2) is 6.61 Å². The number of anilines is 2. The van der Waals surface area contributed by atoms with Crippen molar-refractivity contribution in [2.45, 2.75) is 31.6 Å². The Hall–Kier alpha value is -3.03. The lowest BCUT2D eigenvalue weighted by molar-refractivity contribution is -0.118. The summed E-state index contributed by atoms with van der Waals surface area (Å²) < 4.78 is 33.8. The Labute approximate surface area is 199 Å². The molecule has 0 aromatic heterocycles.